The third kappa shape index (κ3) is 2.37. The maximum absolute atomic E-state index is 11.0. The summed E-state index contributed by atoms with van der Waals surface area (Å²) >= 11 is 0. The van der Waals surface area contributed by atoms with Gasteiger partial charge in [0, 0.05) is 5.54 Å². The Hall–Kier alpha value is -0.770. The second-order valence-corrected chi connectivity index (χ2v) is 3.40. The molecule has 1 aliphatic carbocycles. The van der Waals surface area contributed by atoms with Gasteiger partial charge in [0.25, 0.3) is 0 Å². The number of aliphatic hydroxyl groups is 1. The Balaban J connectivity index is 2.16. The van der Waals surface area contributed by atoms with Gasteiger partial charge in [0.2, 0.25) is 0 Å². The molecule has 0 aromatic heterocycles. The van der Waals surface area contributed by atoms with Gasteiger partial charge < -0.3 is 15.2 Å². The number of carbonyl (C=O) groups excluding carboxylic acids is 1. The Morgan fingerprint density at radius 2 is 2.33 bits per heavy atom. The van der Waals surface area contributed by atoms with Crippen LogP contribution in [0.5, 0.6) is 0 Å². The molecule has 0 heterocycles. The summed E-state index contributed by atoms with van der Waals surface area (Å²) in [6.07, 6.45) is 2.77. The number of carbonyl (C=O) groups is 1. The zero-order valence-corrected chi connectivity index (χ0v) is 7.30. The lowest BCUT2D eigenvalue weighted by molar-refractivity contribution is 0.0990. The second kappa shape index (κ2) is 3.76. The summed E-state index contributed by atoms with van der Waals surface area (Å²) in [6, 6.07) is 0. The third-order valence-electron chi connectivity index (χ3n) is 2.19. The van der Waals surface area contributed by atoms with Gasteiger partial charge in [-0.05, 0) is 26.2 Å². The van der Waals surface area contributed by atoms with E-state index in [0.717, 1.165) is 19.3 Å². The fraction of sp³-hybridized carbons (Fsp3) is 0.875. The Morgan fingerprint density at radius 3 is 2.75 bits per heavy atom. The van der Waals surface area contributed by atoms with Crippen LogP contribution >= 0.6 is 0 Å². The van der Waals surface area contributed by atoms with E-state index in [1.54, 1.807) is 0 Å². The molecular weight excluding hydrogens is 158 g/mol. The van der Waals surface area contributed by atoms with E-state index in [1.165, 1.54) is 0 Å². The van der Waals surface area contributed by atoms with Crippen molar-refractivity contribution >= 4 is 6.09 Å². The topological polar surface area (TPSA) is 58.6 Å². The number of alkyl carbamates (subject to hydrolysis) is 1. The highest BCUT2D eigenvalue weighted by atomic mass is 16.6. The van der Waals surface area contributed by atoms with Crippen molar-refractivity contribution in [1.82, 2.24) is 5.32 Å². The monoisotopic (exact) mass is 173 g/mol. The highest BCUT2D eigenvalue weighted by Gasteiger charge is 2.33. The first-order valence-corrected chi connectivity index (χ1v) is 4.22. The highest BCUT2D eigenvalue weighted by molar-refractivity contribution is 5.68. The summed E-state index contributed by atoms with van der Waals surface area (Å²) in [5, 5.41) is 11.1. The largest absolute Gasteiger partial charge is 0.447 e. The van der Waals surface area contributed by atoms with Crippen molar-refractivity contribution in [3.63, 3.8) is 0 Å². The lowest BCUT2D eigenvalue weighted by atomic mass is 9.79. The molecule has 70 valence electrons. The van der Waals surface area contributed by atoms with Crippen LogP contribution in [0.2, 0.25) is 0 Å². The molecule has 4 nitrogen and oxygen atoms in total. The molecular formula is C8H15NO3. The molecule has 1 fully saturated rings. The number of nitrogens with one attached hydrogen (secondary N) is 1. The maximum Gasteiger partial charge on any atom is 0.407 e. The summed E-state index contributed by atoms with van der Waals surface area (Å²) in [5.74, 6) is 0. The molecule has 0 unspecified atom stereocenters. The zero-order valence-electron chi connectivity index (χ0n) is 7.30. The number of amides is 1. The Morgan fingerprint density at radius 1 is 1.67 bits per heavy atom. The van der Waals surface area contributed by atoms with Gasteiger partial charge in [0.1, 0.15) is 6.61 Å². The minimum Gasteiger partial charge on any atom is -0.447 e. The van der Waals surface area contributed by atoms with Crippen LogP contribution in [0.25, 0.3) is 0 Å². The summed E-state index contributed by atoms with van der Waals surface area (Å²) in [7, 11) is 0. The van der Waals surface area contributed by atoms with E-state index in [9.17, 15) is 4.79 Å². The molecule has 1 rings (SSSR count). The Labute approximate surface area is 71.9 Å². The number of hydrogen-bond acceptors (Lipinski definition) is 3. The molecule has 12 heavy (non-hydrogen) atoms. The van der Waals surface area contributed by atoms with E-state index in [0.29, 0.717) is 0 Å². The molecule has 0 radical (unpaired) electrons. The molecule has 1 saturated carbocycles. The number of ether oxygens (including phenoxy) is 1. The first-order valence-electron chi connectivity index (χ1n) is 4.22. The molecule has 0 atom stereocenters. The molecule has 0 aromatic carbocycles. The first-order chi connectivity index (χ1) is 5.66. The van der Waals surface area contributed by atoms with Gasteiger partial charge in [0.05, 0.1) is 6.61 Å². The third-order valence-corrected chi connectivity index (χ3v) is 2.19. The molecule has 0 aliphatic heterocycles. The van der Waals surface area contributed by atoms with Gasteiger partial charge in [-0.15, -0.1) is 0 Å². The van der Waals surface area contributed by atoms with Crippen molar-refractivity contribution in [2.45, 2.75) is 31.7 Å². The van der Waals surface area contributed by atoms with Gasteiger partial charge in [-0.3, -0.25) is 0 Å². The van der Waals surface area contributed by atoms with Crippen molar-refractivity contribution in [1.29, 1.82) is 0 Å². The number of rotatable bonds is 3. The zero-order chi connectivity index (χ0) is 9.03. The van der Waals surface area contributed by atoms with Crippen molar-refractivity contribution in [3.8, 4) is 0 Å². The lowest BCUT2D eigenvalue weighted by Gasteiger charge is -2.38. The fourth-order valence-corrected chi connectivity index (χ4v) is 1.25. The van der Waals surface area contributed by atoms with E-state index in [1.807, 2.05) is 6.92 Å². The van der Waals surface area contributed by atoms with Crippen molar-refractivity contribution in [2.24, 2.45) is 0 Å². The van der Waals surface area contributed by atoms with Crippen LogP contribution in [0.15, 0.2) is 0 Å². The molecule has 2 N–H and O–H groups in total. The average Bonchev–Trinajstić information content (AvgIpc) is 1.98. The molecule has 4 heteroatoms. The highest BCUT2D eigenvalue weighted by Crippen LogP contribution is 2.30. The van der Waals surface area contributed by atoms with Crippen LogP contribution in [0.3, 0.4) is 0 Å². The predicted octanol–water partition coefficient (Wildman–Crippen LogP) is 0.647. The summed E-state index contributed by atoms with van der Waals surface area (Å²) in [6.45, 7) is 1.95. The fourth-order valence-electron chi connectivity index (χ4n) is 1.25. The van der Waals surface area contributed by atoms with E-state index in [2.05, 4.69) is 10.1 Å². The SMILES string of the molecule is CC1(NC(=O)OCCO)CCC1. The summed E-state index contributed by atoms with van der Waals surface area (Å²) in [4.78, 5) is 11.0. The van der Waals surface area contributed by atoms with Crippen LogP contribution in [-0.4, -0.2) is 30.0 Å². The minimum absolute atomic E-state index is 0.0630. The van der Waals surface area contributed by atoms with E-state index < -0.39 is 6.09 Å². The van der Waals surface area contributed by atoms with Crippen LogP contribution in [0.1, 0.15) is 26.2 Å². The van der Waals surface area contributed by atoms with Gasteiger partial charge in [-0.2, -0.15) is 0 Å². The van der Waals surface area contributed by atoms with Crippen LogP contribution < -0.4 is 5.32 Å². The number of aliphatic hydroxyl groups excluding tert-OH is 1. The van der Waals surface area contributed by atoms with Gasteiger partial charge in [-0.25, -0.2) is 4.79 Å². The predicted molar refractivity (Wildman–Crippen MR) is 43.8 cm³/mol. The molecule has 0 aromatic rings. The van der Waals surface area contributed by atoms with E-state index in [-0.39, 0.29) is 18.8 Å². The smallest absolute Gasteiger partial charge is 0.407 e. The molecule has 0 spiro atoms. The average molecular weight is 173 g/mol. The first kappa shape index (κ1) is 9.32. The lowest BCUT2D eigenvalue weighted by Crippen LogP contribution is -2.51. The second-order valence-electron chi connectivity index (χ2n) is 3.40. The van der Waals surface area contributed by atoms with Crippen LogP contribution in [-0.2, 0) is 4.74 Å². The van der Waals surface area contributed by atoms with Crippen LogP contribution in [0.4, 0.5) is 4.79 Å². The van der Waals surface area contributed by atoms with Crippen LogP contribution in [0, 0.1) is 0 Å². The van der Waals surface area contributed by atoms with Crippen molar-refractivity contribution in [3.05, 3.63) is 0 Å². The maximum atomic E-state index is 11.0. The normalized spacial score (nSPS) is 19.5. The summed E-state index contributed by atoms with van der Waals surface area (Å²) in [5.41, 5.74) is -0.0630. The summed E-state index contributed by atoms with van der Waals surface area (Å²) < 4.78 is 4.66. The Bertz CT molecular complexity index is 166. The van der Waals surface area contributed by atoms with E-state index in [4.69, 9.17) is 5.11 Å². The van der Waals surface area contributed by atoms with Gasteiger partial charge in [0.15, 0.2) is 0 Å². The quantitative estimate of drug-likeness (QED) is 0.658. The van der Waals surface area contributed by atoms with E-state index >= 15 is 0 Å². The molecule has 1 amide bonds. The van der Waals surface area contributed by atoms with Crippen molar-refractivity contribution in [2.75, 3.05) is 13.2 Å². The molecule has 1 aliphatic rings. The molecule has 0 saturated heterocycles. The molecule has 0 bridgehead atoms. The van der Waals surface area contributed by atoms with Crippen molar-refractivity contribution < 1.29 is 14.6 Å². The Kier molecular flexibility index (Phi) is 2.92. The van der Waals surface area contributed by atoms with Gasteiger partial charge >= 0.3 is 6.09 Å². The number of hydrogen-bond donors (Lipinski definition) is 2. The standard InChI is InChI=1S/C8H15NO3/c1-8(3-2-4-8)9-7(11)12-6-5-10/h10H,2-6H2,1H3,(H,9,11). The minimum atomic E-state index is -0.425. The van der Waals surface area contributed by atoms with Gasteiger partial charge in [-0.1, -0.05) is 0 Å².